The molecule has 0 atom stereocenters. The van der Waals surface area contributed by atoms with E-state index < -0.39 is 0 Å². The number of hydrogen-bond acceptors (Lipinski definition) is 4. The first-order valence-corrected chi connectivity index (χ1v) is 6.42. The topological polar surface area (TPSA) is 41.1 Å². The molecule has 94 valence electrons. The Morgan fingerprint density at radius 2 is 2.12 bits per heavy atom. The van der Waals surface area contributed by atoms with Crippen LogP contribution < -0.4 is 10.2 Å². The highest BCUT2D eigenvalue weighted by Gasteiger charge is 2.21. The fourth-order valence-corrected chi connectivity index (χ4v) is 2.47. The summed E-state index contributed by atoms with van der Waals surface area (Å²) in [6.07, 6.45) is 7.17. The zero-order valence-corrected chi connectivity index (χ0v) is 11.0. The van der Waals surface area contributed by atoms with Gasteiger partial charge in [0.25, 0.3) is 0 Å². The average molecular weight is 234 g/mol. The van der Waals surface area contributed by atoms with Crippen molar-refractivity contribution in [3.05, 3.63) is 17.5 Å². The molecule has 0 unspecified atom stereocenters. The molecule has 4 nitrogen and oxygen atoms in total. The number of hydrogen-bond donors (Lipinski definition) is 1. The largest absolute Gasteiger partial charge is 0.341 e. The van der Waals surface area contributed by atoms with Crippen molar-refractivity contribution in [2.75, 3.05) is 19.0 Å². The van der Waals surface area contributed by atoms with E-state index in [4.69, 9.17) is 0 Å². The maximum Gasteiger partial charge on any atom is 0.225 e. The molecular weight excluding hydrogens is 212 g/mol. The number of aryl methyl sites for hydroxylation is 1. The lowest BCUT2D eigenvalue weighted by molar-refractivity contribution is 0.635. The predicted octanol–water partition coefficient (Wildman–Crippen LogP) is 1.88. The first-order valence-electron chi connectivity index (χ1n) is 6.42. The average Bonchev–Trinajstić information content (AvgIpc) is 2.84. The lowest BCUT2D eigenvalue weighted by Crippen LogP contribution is -2.30. The lowest BCUT2D eigenvalue weighted by Gasteiger charge is -2.24. The Labute approximate surface area is 103 Å². The van der Waals surface area contributed by atoms with Gasteiger partial charge in [-0.2, -0.15) is 0 Å². The standard InChI is InChI=1S/C13H22N4/c1-10-11(8-14-2)9-15-13(16-10)17(3)12-6-4-5-7-12/h9,12,14H,4-8H2,1-3H3. The summed E-state index contributed by atoms with van der Waals surface area (Å²) in [6, 6.07) is 0.629. The number of rotatable bonds is 4. The molecule has 0 aliphatic heterocycles. The van der Waals surface area contributed by atoms with E-state index in [1.807, 2.05) is 13.2 Å². The summed E-state index contributed by atoms with van der Waals surface area (Å²) in [5.41, 5.74) is 2.25. The Balaban J connectivity index is 2.12. The van der Waals surface area contributed by atoms with Crippen LogP contribution in [0.15, 0.2) is 6.20 Å². The van der Waals surface area contributed by atoms with Gasteiger partial charge in [-0.25, -0.2) is 9.97 Å². The van der Waals surface area contributed by atoms with E-state index in [1.54, 1.807) is 0 Å². The Hall–Kier alpha value is -1.16. The molecular formula is C13H22N4. The van der Waals surface area contributed by atoms with Crippen LogP contribution in [0.5, 0.6) is 0 Å². The van der Waals surface area contributed by atoms with Crippen LogP contribution in [0.4, 0.5) is 5.95 Å². The maximum absolute atomic E-state index is 4.61. The van der Waals surface area contributed by atoms with Gasteiger partial charge in [0.1, 0.15) is 0 Å². The molecule has 0 aromatic carbocycles. The van der Waals surface area contributed by atoms with Crippen LogP contribution in [0.25, 0.3) is 0 Å². The Morgan fingerprint density at radius 3 is 2.71 bits per heavy atom. The smallest absolute Gasteiger partial charge is 0.225 e. The van der Waals surface area contributed by atoms with Gasteiger partial charge >= 0.3 is 0 Å². The molecule has 2 rings (SSSR count). The molecule has 0 radical (unpaired) electrons. The Kier molecular flexibility index (Phi) is 3.94. The summed E-state index contributed by atoms with van der Waals surface area (Å²) in [5.74, 6) is 0.870. The second-order valence-electron chi connectivity index (χ2n) is 4.86. The van der Waals surface area contributed by atoms with Gasteiger partial charge in [0.2, 0.25) is 5.95 Å². The van der Waals surface area contributed by atoms with Crippen molar-refractivity contribution in [1.82, 2.24) is 15.3 Å². The van der Waals surface area contributed by atoms with Crippen molar-refractivity contribution in [2.24, 2.45) is 0 Å². The molecule has 0 amide bonds. The van der Waals surface area contributed by atoms with Crippen molar-refractivity contribution < 1.29 is 0 Å². The van der Waals surface area contributed by atoms with Gasteiger partial charge in [0, 0.05) is 37.1 Å². The predicted molar refractivity (Wildman–Crippen MR) is 70.2 cm³/mol. The summed E-state index contributed by atoms with van der Waals surface area (Å²) < 4.78 is 0. The first-order chi connectivity index (χ1) is 8.22. The SMILES string of the molecule is CNCc1cnc(N(C)C2CCCC2)nc1C. The molecule has 1 N–H and O–H groups in total. The molecule has 1 aliphatic carbocycles. The van der Waals surface area contributed by atoms with Crippen LogP contribution in [0.3, 0.4) is 0 Å². The van der Waals surface area contributed by atoms with Gasteiger partial charge in [-0.3, -0.25) is 0 Å². The van der Waals surface area contributed by atoms with Crippen molar-refractivity contribution in [2.45, 2.75) is 45.2 Å². The normalized spacial score (nSPS) is 16.4. The van der Waals surface area contributed by atoms with E-state index in [9.17, 15) is 0 Å². The Bertz CT molecular complexity index is 372. The van der Waals surface area contributed by atoms with E-state index in [-0.39, 0.29) is 0 Å². The number of anilines is 1. The minimum absolute atomic E-state index is 0.629. The highest BCUT2D eigenvalue weighted by atomic mass is 15.3. The number of nitrogens with one attached hydrogen (secondary N) is 1. The fourth-order valence-electron chi connectivity index (χ4n) is 2.47. The highest BCUT2D eigenvalue weighted by molar-refractivity contribution is 5.33. The lowest BCUT2D eigenvalue weighted by atomic mass is 10.2. The van der Waals surface area contributed by atoms with E-state index in [2.05, 4.69) is 34.2 Å². The molecule has 17 heavy (non-hydrogen) atoms. The molecule has 0 spiro atoms. The van der Waals surface area contributed by atoms with Crippen molar-refractivity contribution in [3.63, 3.8) is 0 Å². The quantitative estimate of drug-likeness (QED) is 0.863. The second-order valence-corrected chi connectivity index (χ2v) is 4.86. The van der Waals surface area contributed by atoms with Crippen molar-refractivity contribution >= 4 is 5.95 Å². The van der Waals surface area contributed by atoms with Crippen molar-refractivity contribution in [1.29, 1.82) is 0 Å². The highest BCUT2D eigenvalue weighted by Crippen LogP contribution is 2.25. The summed E-state index contributed by atoms with van der Waals surface area (Å²) >= 11 is 0. The molecule has 1 aromatic heterocycles. The molecule has 1 fully saturated rings. The second kappa shape index (κ2) is 5.45. The molecule has 1 heterocycles. The van der Waals surface area contributed by atoms with Gasteiger partial charge in [-0.05, 0) is 26.8 Å². The van der Waals surface area contributed by atoms with Gasteiger partial charge in [0.05, 0.1) is 0 Å². The minimum atomic E-state index is 0.629. The number of aromatic nitrogens is 2. The third-order valence-electron chi connectivity index (χ3n) is 3.62. The molecule has 0 saturated heterocycles. The van der Waals surface area contributed by atoms with Gasteiger partial charge in [-0.1, -0.05) is 12.8 Å². The third-order valence-corrected chi connectivity index (χ3v) is 3.62. The summed E-state index contributed by atoms with van der Waals surface area (Å²) in [6.45, 7) is 2.89. The summed E-state index contributed by atoms with van der Waals surface area (Å²) in [7, 11) is 4.06. The van der Waals surface area contributed by atoms with Crippen LogP contribution in [-0.4, -0.2) is 30.1 Å². The van der Waals surface area contributed by atoms with Gasteiger partial charge < -0.3 is 10.2 Å². The monoisotopic (exact) mass is 234 g/mol. The van der Waals surface area contributed by atoms with Gasteiger partial charge in [0.15, 0.2) is 0 Å². The third kappa shape index (κ3) is 2.75. The van der Waals surface area contributed by atoms with Crippen LogP contribution in [0.1, 0.15) is 36.9 Å². The number of nitrogens with zero attached hydrogens (tertiary/aromatic N) is 3. The minimum Gasteiger partial charge on any atom is -0.341 e. The fraction of sp³-hybridized carbons (Fsp3) is 0.692. The van der Waals surface area contributed by atoms with E-state index in [0.717, 1.165) is 18.2 Å². The van der Waals surface area contributed by atoms with Crippen molar-refractivity contribution in [3.8, 4) is 0 Å². The molecule has 1 aromatic rings. The maximum atomic E-state index is 4.61. The van der Waals surface area contributed by atoms with Gasteiger partial charge in [-0.15, -0.1) is 0 Å². The van der Waals surface area contributed by atoms with Crippen LogP contribution in [0.2, 0.25) is 0 Å². The zero-order chi connectivity index (χ0) is 12.3. The summed E-state index contributed by atoms with van der Waals surface area (Å²) in [5, 5.41) is 3.14. The molecule has 1 saturated carbocycles. The van der Waals surface area contributed by atoms with E-state index in [1.165, 1.54) is 31.2 Å². The van der Waals surface area contributed by atoms with Crippen LogP contribution in [-0.2, 0) is 6.54 Å². The van der Waals surface area contributed by atoms with Crippen LogP contribution in [0, 0.1) is 6.92 Å². The Morgan fingerprint density at radius 1 is 1.41 bits per heavy atom. The molecule has 0 bridgehead atoms. The van der Waals surface area contributed by atoms with E-state index >= 15 is 0 Å². The molecule has 1 aliphatic rings. The molecule has 4 heteroatoms. The summed E-state index contributed by atoms with van der Waals surface area (Å²) in [4.78, 5) is 11.3. The first kappa shape index (κ1) is 12.3. The van der Waals surface area contributed by atoms with E-state index in [0.29, 0.717) is 6.04 Å². The van der Waals surface area contributed by atoms with Crippen LogP contribution >= 0.6 is 0 Å². The zero-order valence-electron chi connectivity index (χ0n) is 11.0.